The molecule has 5 heteroatoms. The fourth-order valence-corrected chi connectivity index (χ4v) is 1.69. The van der Waals surface area contributed by atoms with Gasteiger partial charge in [0.05, 0.1) is 17.9 Å². The molecule has 2 rings (SSSR count). The Morgan fingerprint density at radius 3 is 2.78 bits per heavy atom. The van der Waals surface area contributed by atoms with Crippen LogP contribution in [0.2, 0.25) is 0 Å². The summed E-state index contributed by atoms with van der Waals surface area (Å²) in [6, 6.07) is 8.24. The molecule has 94 valence electrons. The van der Waals surface area contributed by atoms with E-state index in [2.05, 4.69) is 5.10 Å². The van der Waals surface area contributed by atoms with Gasteiger partial charge in [0.2, 0.25) is 0 Å². The van der Waals surface area contributed by atoms with Gasteiger partial charge in [0, 0.05) is 11.8 Å². The van der Waals surface area contributed by atoms with Gasteiger partial charge in [0.1, 0.15) is 0 Å². The summed E-state index contributed by atoms with van der Waals surface area (Å²) in [5.74, 6) is -0.393. The number of hydrogen-bond donors (Lipinski definition) is 1. The quantitative estimate of drug-likeness (QED) is 0.837. The molecule has 0 aliphatic carbocycles. The molecule has 0 aliphatic rings. The molecule has 0 fully saturated rings. The van der Waals surface area contributed by atoms with Crippen LogP contribution in [-0.4, -0.2) is 22.4 Å². The lowest BCUT2D eigenvalue weighted by molar-refractivity contribution is 0.0526. The molecular weight excluding hydrogens is 232 g/mol. The van der Waals surface area contributed by atoms with E-state index < -0.39 is 5.97 Å². The summed E-state index contributed by atoms with van der Waals surface area (Å²) in [5, 5.41) is 2.91. The van der Waals surface area contributed by atoms with Crippen molar-refractivity contribution in [1.29, 1.82) is 0 Å². The molecule has 0 unspecified atom stereocenters. The molecule has 1 aromatic heterocycles. The molecule has 1 heterocycles. The summed E-state index contributed by atoms with van der Waals surface area (Å²) in [4.78, 5) is 23.3. The summed E-state index contributed by atoms with van der Waals surface area (Å²) in [7, 11) is 0. The largest absolute Gasteiger partial charge is 0.462 e. The van der Waals surface area contributed by atoms with Crippen LogP contribution in [0.3, 0.4) is 0 Å². The van der Waals surface area contributed by atoms with Crippen LogP contribution in [0.5, 0.6) is 0 Å². The van der Waals surface area contributed by atoms with Crippen LogP contribution < -0.4 is 5.56 Å². The number of H-pyrrole nitrogens is 1. The predicted octanol–water partition coefficient (Wildman–Crippen LogP) is 1.65. The van der Waals surface area contributed by atoms with E-state index in [1.807, 2.05) is 0 Å². The zero-order valence-electron chi connectivity index (χ0n) is 10.3. The Morgan fingerprint density at radius 1 is 1.39 bits per heavy atom. The first-order valence-corrected chi connectivity index (χ1v) is 5.68. The van der Waals surface area contributed by atoms with Crippen molar-refractivity contribution < 1.29 is 9.53 Å². The van der Waals surface area contributed by atoms with Crippen molar-refractivity contribution in [2.24, 2.45) is 0 Å². The van der Waals surface area contributed by atoms with Crippen molar-refractivity contribution in [3.8, 4) is 5.69 Å². The number of rotatable bonds is 3. The number of carbonyl (C=O) groups excluding carboxylic acids is 1. The molecular formula is C13H14N2O3. The Hall–Kier alpha value is -2.30. The summed E-state index contributed by atoms with van der Waals surface area (Å²) >= 11 is 0. The predicted molar refractivity (Wildman–Crippen MR) is 67.1 cm³/mol. The molecule has 0 bridgehead atoms. The monoisotopic (exact) mass is 246 g/mol. The smallest absolute Gasteiger partial charge is 0.338 e. The van der Waals surface area contributed by atoms with E-state index in [9.17, 15) is 9.59 Å². The van der Waals surface area contributed by atoms with Gasteiger partial charge in [0.15, 0.2) is 0 Å². The Bertz CT molecular complexity index is 625. The average Bonchev–Trinajstić information content (AvgIpc) is 2.69. The highest BCUT2D eigenvalue weighted by atomic mass is 16.5. The number of esters is 1. The molecule has 0 saturated heterocycles. The van der Waals surface area contributed by atoms with E-state index in [0.29, 0.717) is 17.9 Å². The van der Waals surface area contributed by atoms with Crippen LogP contribution in [-0.2, 0) is 4.74 Å². The SMILES string of the molecule is CCOC(=O)c1cccc(-n2[nH]c(C)cc2=O)c1. The van der Waals surface area contributed by atoms with E-state index in [0.717, 1.165) is 5.69 Å². The third-order valence-corrected chi connectivity index (χ3v) is 2.46. The molecule has 1 aromatic carbocycles. The lowest BCUT2D eigenvalue weighted by atomic mass is 10.2. The Morgan fingerprint density at radius 2 is 2.17 bits per heavy atom. The van der Waals surface area contributed by atoms with Crippen LogP contribution in [0.4, 0.5) is 0 Å². The first-order chi connectivity index (χ1) is 8.61. The van der Waals surface area contributed by atoms with E-state index in [4.69, 9.17) is 4.74 Å². The van der Waals surface area contributed by atoms with Crippen LogP contribution in [0.15, 0.2) is 35.1 Å². The third kappa shape index (κ3) is 2.34. The van der Waals surface area contributed by atoms with Gasteiger partial charge >= 0.3 is 5.97 Å². The van der Waals surface area contributed by atoms with E-state index in [1.165, 1.54) is 10.7 Å². The fraction of sp³-hybridized carbons (Fsp3) is 0.231. The third-order valence-electron chi connectivity index (χ3n) is 2.46. The summed E-state index contributed by atoms with van der Waals surface area (Å²) in [6.07, 6.45) is 0. The number of carbonyl (C=O) groups is 1. The van der Waals surface area contributed by atoms with Crippen LogP contribution in [0.25, 0.3) is 5.69 Å². The van der Waals surface area contributed by atoms with Crippen LogP contribution in [0, 0.1) is 6.92 Å². The number of nitrogens with zero attached hydrogens (tertiary/aromatic N) is 1. The molecule has 1 N–H and O–H groups in total. The van der Waals surface area contributed by atoms with Crippen LogP contribution in [0.1, 0.15) is 23.0 Å². The summed E-state index contributed by atoms with van der Waals surface area (Å²) < 4.78 is 6.30. The minimum absolute atomic E-state index is 0.159. The summed E-state index contributed by atoms with van der Waals surface area (Å²) in [5.41, 5.74) is 1.64. The first-order valence-electron chi connectivity index (χ1n) is 5.68. The van der Waals surface area contributed by atoms with Crippen molar-refractivity contribution in [3.05, 3.63) is 51.9 Å². The zero-order chi connectivity index (χ0) is 13.1. The second kappa shape index (κ2) is 4.91. The van der Waals surface area contributed by atoms with E-state index in [1.54, 1.807) is 38.1 Å². The minimum atomic E-state index is -0.393. The lowest BCUT2D eigenvalue weighted by Crippen LogP contribution is -2.14. The highest BCUT2D eigenvalue weighted by molar-refractivity contribution is 5.90. The van der Waals surface area contributed by atoms with E-state index in [-0.39, 0.29) is 5.56 Å². The van der Waals surface area contributed by atoms with Gasteiger partial charge in [-0.15, -0.1) is 0 Å². The summed E-state index contributed by atoms with van der Waals surface area (Å²) in [6.45, 7) is 3.87. The van der Waals surface area contributed by atoms with E-state index >= 15 is 0 Å². The van der Waals surface area contributed by atoms with Gasteiger partial charge in [-0.25, -0.2) is 9.48 Å². The Labute approximate surface area is 104 Å². The lowest BCUT2D eigenvalue weighted by Gasteiger charge is -2.05. The standard InChI is InChI=1S/C13H14N2O3/c1-3-18-13(17)10-5-4-6-11(8-10)15-12(16)7-9(2)14-15/h4-8,14H,3H2,1-2H3. The topological polar surface area (TPSA) is 64.1 Å². The van der Waals surface area contributed by atoms with Gasteiger partial charge in [-0.05, 0) is 32.0 Å². The van der Waals surface area contributed by atoms with Gasteiger partial charge in [-0.1, -0.05) is 6.07 Å². The molecule has 0 saturated carbocycles. The Balaban J connectivity index is 2.41. The molecule has 0 spiro atoms. The molecule has 0 atom stereocenters. The molecule has 0 aliphatic heterocycles. The number of aromatic amines is 1. The number of benzene rings is 1. The minimum Gasteiger partial charge on any atom is -0.462 e. The van der Waals surface area contributed by atoms with Crippen molar-refractivity contribution in [1.82, 2.24) is 9.78 Å². The first kappa shape index (κ1) is 12.2. The number of aryl methyl sites for hydroxylation is 1. The molecule has 0 radical (unpaired) electrons. The number of nitrogens with one attached hydrogen (secondary N) is 1. The molecule has 18 heavy (non-hydrogen) atoms. The molecule has 0 amide bonds. The zero-order valence-corrected chi connectivity index (χ0v) is 10.3. The highest BCUT2D eigenvalue weighted by Crippen LogP contribution is 2.09. The van der Waals surface area contributed by atoms with Crippen molar-refractivity contribution in [3.63, 3.8) is 0 Å². The van der Waals surface area contributed by atoms with Crippen molar-refractivity contribution in [2.75, 3.05) is 6.61 Å². The van der Waals surface area contributed by atoms with Crippen molar-refractivity contribution in [2.45, 2.75) is 13.8 Å². The maximum absolute atomic E-state index is 11.7. The van der Waals surface area contributed by atoms with Gasteiger partial charge in [0.25, 0.3) is 5.56 Å². The van der Waals surface area contributed by atoms with Gasteiger partial charge in [-0.3, -0.25) is 9.89 Å². The average molecular weight is 246 g/mol. The maximum Gasteiger partial charge on any atom is 0.338 e. The highest BCUT2D eigenvalue weighted by Gasteiger charge is 2.09. The molecule has 5 nitrogen and oxygen atoms in total. The van der Waals surface area contributed by atoms with Crippen LogP contribution >= 0.6 is 0 Å². The second-order valence-electron chi connectivity index (χ2n) is 3.88. The normalized spacial score (nSPS) is 10.3. The fourth-order valence-electron chi connectivity index (χ4n) is 1.69. The second-order valence-corrected chi connectivity index (χ2v) is 3.88. The molecule has 2 aromatic rings. The van der Waals surface area contributed by atoms with Gasteiger partial charge < -0.3 is 4.74 Å². The number of hydrogen-bond acceptors (Lipinski definition) is 3. The number of aromatic nitrogens is 2. The number of ether oxygens (including phenoxy) is 1. The van der Waals surface area contributed by atoms with Crippen molar-refractivity contribution >= 4 is 5.97 Å². The van der Waals surface area contributed by atoms with Gasteiger partial charge in [-0.2, -0.15) is 0 Å². The Kier molecular flexibility index (Phi) is 3.32. The maximum atomic E-state index is 11.7.